The minimum atomic E-state index is -0.121. The zero-order chi connectivity index (χ0) is 17.3. The summed E-state index contributed by atoms with van der Waals surface area (Å²) in [6.45, 7) is 6.28. The molecule has 3 rings (SSSR count). The maximum atomic E-state index is 12.6. The van der Waals surface area contributed by atoms with Gasteiger partial charge in [0.25, 0.3) is 5.91 Å². The van der Waals surface area contributed by atoms with Gasteiger partial charge in [0.1, 0.15) is 5.69 Å². The summed E-state index contributed by atoms with van der Waals surface area (Å²) in [5.41, 5.74) is 3.52. The molecule has 1 amide bonds. The van der Waals surface area contributed by atoms with Crippen molar-refractivity contribution in [2.75, 3.05) is 16.8 Å². The number of hydrogen-bond donors (Lipinski definition) is 1. The lowest BCUT2D eigenvalue weighted by Gasteiger charge is -2.13. The summed E-state index contributed by atoms with van der Waals surface area (Å²) in [6, 6.07) is 10.0. The molecule has 1 aliphatic rings. The molecule has 0 spiro atoms. The molecule has 0 unspecified atom stereocenters. The number of nitrogens with one attached hydrogen (secondary N) is 1. The fourth-order valence-electron chi connectivity index (χ4n) is 2.56. The minimum Gasteiger partial charge on any atom is -0.321 e. The number of anilines is 1. The third-order valence-electron chi connectivity index (χ3n) is 3.92. The predicted molar refractivity (Wildman–Crippen MR) is 104 cm³/mol. The molecule has 1 fully saturated rings. The topological polar surface area (TPSA) is 46.9 Å². The highest BCUT2D eigenvalue weighted by atomic mass is 32.2. The molecule has 0 bridgehead atoms. The fraction of sp³-hybridized carbons (Fsp3) is 0.444. The average molecular weight is 362 g/mol. The van der Waals surface area contributed by atoms with E-state index in [-0.39, 0.29) is 11.3 Å². The Kier molecular flexibility index (Phi) is 4.97. The highest BCUT2D eigenvalue weighted by molar-refractivity contribution is 8.19. The first-order valence-corrected chi connectivity index (χ1v) is 10.1. The van der Waals surface area contributed by atoms with Gasteiger partial charge in [-0.2, -0.15) is 5.10 Å². The van der Waals surface area contributed by atoms with E-state index in [1.54, 1.807) is 4.68 Å². The van der Waals surface area contributed by atoms with Crippen molar-refractivity contribution < 1.29 is 4.79 Å². The quantitative estimate of drug-likeness (QED) is 0.877. The number of aryl methyl sites for hydroxylation is 1. The van der Waals surface area contributed by atoms with Gasteiger partial charge in [0.05, 0.1) is 10.3 Å². The van der Waals surface area contributed by atoms with Crippen LogP contribution < -0.4 is 5.32 Å². The summed E-state index contributed by atoms with van der Waals surface area (Å²) in [5.74, 6) is 2.26. The van der Waals surface area contributed by atoms with Crippen LogP contribution >= 0.6 is 23.5 Å². The molecule has 0 radical (unpaired) electrons. The second-order valence-electron chi connectivity index (χ2n) is 6.94. The van der Waals surface area contributed by atoms with E-state index in [1.165, 1.54) is 17.1 Å². The molecule has 4 nitrogen and oxygen atoms in total. The Morgan fingerprint density at radius 2 is 1.96 bits per heavy atom. The highest BCUT2D eigenvalue weighted by Gasteiger charge is 2.22. The summed E-state index contributed by atoms with van der Waals surface area (Å²) in [7, 11) is 1.81. The third kappa shape index (κ3) is 3.81. The number of carbonyl (C=O) groups excluding carboxylic acids is 1. The zero-order valence-corrected chi connectivity index (χ0v) is 16.1. The van der Waals surface area contributed by atoms with Crippen molar-refractivity contribution in [1.29, 1.82) is 0 Å². The Morgan fingerprint density at radius 1 is 1.25 bits per heavy atom. The number of nitrogens with zero attached hydrogens (tertiary/aromatic N) is 2. The molecule has 2 heterocycles. The minimum absolute atomic E-state index is 0.0763. The summed E-state index contributed by atoms with van der Waals surface area (Å²) in [5, 5.41) is 7.48. The first kappa shape index (κ1) is 17.4. The Morgan fingerprint density at radius 3 is 2.58 bits per heavy atom. The van der Waals surface area contributed by atoms with Crippen LogP contribution in [0.1, 0.15) is 47.1 Å². The molecular weight excluding hydrogens is 338 g/mol. The maximum Gasteiger partial charge on any atom is 0.273 e. The Bertz CT molecular complexity index is 743. The van der Waals surface area contributed by atoms with Gasteiger partial charge in [-0.05, 0) is 23.8 Å². The molecule has 24 heavy (non-hydrogen) atoms. The normalized spacial score (nSPS) is 15.7. The van der Waals surface area contributed by atoms with E-state index >= 15 is 0 Å². The van der Waals surface area contributed by atoms with Crippen LogP contribution in [0, 0.1) is 0 Å². The van der Waals surface area contributed by atoms with E-state index in [1.807, 2.05) is 48.8 Å². The van der Waals surface area contributed by atoms with Gasteiger partial charge >= 0.3 is 0 Å². The fourth-order valence-corrected chi connectivity index (χ4v) is 5.39. The number of thioether (sulfide) groups is 2. The Balaban J connectivity index is 1.78. The number of aromatic nitrogens is 2. The lowest BCUT2D eigenvalue weighted by atomic mass is 9.92. The van der Waals surface area contributed by atoms with E-state index < -0.39 is 0 Å². The number of carbonyl (C=O) groups is 1. The van der Waals surface area contributed by atoms with Gasteiger partial charge in [0.2, 0.25) is 0 Å². The molecule has 0 atom stereocenters. The largest absolute Gasteiger partial charge is 0.321 e. The summed E-state index contributed by atoms with van der Waals surface area (Å²) in [6.07, 6.45) is 0. The third-order valence-corrected chi connectivity index (χ3v) is 7.02. The molecule has 1 aliphatic heterocycles. The van der Waals surface area contributed by atoms with E-state index in [2.05, 4.69) is 43.3 Å². The first-order chi connectivity index (χ1) is 11.3. The van der Waals surface area contributed by atoms with Crippen molar-refractivity contribution >= 4 is 35.1 Å². The highest BCUT2D eigenvalue weighted by Crippen LogP contribution is 2.45. The van der Waals surface area contributed by atoms with Crippen molar-refractivity contribution in [2.45, 2.75) is 30.8 Å². The van der Waals surface area contributed by atoms with Gasteiger partial charge in [-0.15, -0.1) is 23.5 Å². The second kappa shape index (κ2) is 6.84. The van der Waals surface area contributed by atoms with Crippen molar-refractivity contribution in [3.63, 3.8) is 0 Å². The molecular formula is C18H23N3OS2. The standard InChI is InChI=1S/C18H23N3OS2/c1-18(2,3)15-11-14(21(4)20-15)16(22)19-13-7-5-6-12(10-13)17-23-8-9-24-17/h5-7,10-11,17H,8-9H2,1-4H3,(H,19,22). The van der Waals surface area contributed by atoms with E-state index in [0.717, 1.165) is 11.4 Å². The molecule has 128 valence electrons. The smallest absolute Gasteiger partial charge is 0.273 e. The molecule has 1 N–H and O–H groups in total. The van der Waals surface area contributed by atoms with Crippen LogP contribution in [-0.4, -0.2) is 27.2 Å². The van der Waals surface area contributed by atoms with Crippen LogP contribution in [0.2, 0.25) is 0 Å². The van der Waals surface area contributed by atoms with Gasteiger partial charge < -0.3 is 5.32 Å². The Labute approximate surface area is 151 Å². The van der Waals surface area contributed by atoms with Crippen molar-refractivity contribution in [2.24, 2.45) is 7.05 Å². The van der Waals surface area contributed by atoms with Crippen LogP contribution in [0.5, 0.6) is 0 Å². The van der Waals surface area contributed by atoms with Gasteiger partial charge in [-0.3, -0.25) is 9.48 Å². The molecule has 1 aromatic carbocycles. The van der Waals surface area contributed by atoms with E-state index in [0.29, 0.717) is 10.3 Å². The summed E-state index contributed by atoms with van der Waals surface area (Å²) in [4.78, 5) is 12.6. The van der Waals surface area contributed by atoms with E-state index in [4.69, 9.17) is 0 Å². The molecule has 2 aromatic rings. The second-order valence-corrected chi connectivity index (χ2v) is 9.67. The van der Waals surface area contributed by atoms with Crippen LogP contribution in [-0.2, 0) is 12.5 Å². The maximum absolute atomic E-state index is 12.6. The first-order valence-electron chi connectivity index (χ1n) is 8.03. The van der Waals surface area contributed by atoms with Gasteiger partial charge in [-0.25, -0.2) is 0 Å². The van der Waals surface area contributed by atoms with Crippen molar-refractivity contribution in [1.82, 2.24) is 9.78 Å². The van der Waals surface area contributed by atoms with Crippen molar-refractivity contribution in [3.05, 3.63) is 47.3 Å². The molecule has 6 heteroatoms. The molecule has 1 aromatic heterocycles. The number of hydrogen-bond acceptors (Lipinski definition) is 4. The molecule has 0 saturated carbocycles. The van der Waals surface area contributed by atoms with Gasteiger partial charge in [-0.1, -0.05) is 32.9 Å². The van der Waals surface area contributed by atoms with Crippen LogP contribution in [0.15, 0.2) is 30.3 Å². The van der Waals surface area contributed by atoms with Crippen LogP contribution in [0.4, 0.5) is 5.69 Å². The molecule has 0 aliphatic carbocycles. The van der Waals surface area contributed by atoms with Gasteiger partial charge in [0.15, 0.2) is 0 Å². The summed E-state index contributed by atoms with van der Waals surface area (Å²) >= 11 is 3.93. The number of amides is 1. The van der Waals surface area contributed by atoms with Crippen LogP contribution in [0.3, 0.4) is 0 Å². The summed E-state index contributed by atoms with van der Waals surface area (Å²) < 4.78 is 2.13. The SMILES string of the molecule is Cn1nc(C(C)(C)C)cc1C(=O)Nc1cccc(C2SCCS2)c1. The Hall–Kier alpha value is -1.40. The lowest BCUT2D eigenvalue weighted by Crippen LogP contribution is -2.16. The average Bonchev–Trinajstić information content (AvgIpc) is 3.16. The lowest BCUT2D eigenvalue weighted by molar-refractivity contribution is 0.101. The van der Waals surface area contributed by atoms with Crippen molar-refractivity contribution in [3.8, 4) is 0 Å². The zero-order valence-electron chi connectivity index (χ0n) is 14.5. The van der Waals surface area contributed by atoms with Crippen LogP contribution in [0.25, 0.3) is 0 Å². The van der Waals surface area contributed by atoms with Gasteiger partial charge in [0, 0.05) is 29.7 Å². The monoisotopic (exact) mass is 361 g/mol. The number of rotatable bonds is 3. The van der Waals surface area contributed by atoms with E-state index in [9.17, 15) is 4.79 Å². The predicted octanol–water partition coefficient (Wildman–Crippen LogP) is 4.45. The number of benzene rings is 1. The molecule has 1 saturated heterocycles.